The van der Waals surface area contributed by atoms with Crippen LogP contribution in [0.2, 0.25) is 0 Å². The van der Waals surface area contributed by atoms with E-state index in [1.807, 2.05) is 19.2 Å². The molecule has 5 nitrogen and oxygen atoms in total. The quantitative estimate of drug-likeness (QED) is 0.621. The zero-order valence-electron chi connectivity index (χ0n) is 15.0. The second-order valence-electron chi connectivity index (χ2n) is 6.89. The first kappa shape index (κ1) is 16.9. The molecule has 5 heteroatoms. The maximum atomic E-state index is 6.25. The van der Waals surface area contributed by atoms with E-state index in [2.05, 4.69) is 28.6 Å². The Hall–Kier alpha value is -1.91. The average Bonchev–Trinajstić information content (AvgIpc) is 3.06. The summed E-state index contributed by atoms with van der Waals surface area (Å²) in [5.41, 5.74) is 1.13. The highest BCUT2D eigenvalue weighted by Gasteiger charge is 2.33. The molecule has 1 aromatic rings. The first-order valence-electron chi connectivity index (χ1n) is 9.00. The van der Waals surface area contributed by atoms with Crippen LogP contribution in [-0.4, -0.2) is 32.3 Å². The molecule has 0 aliphatic heterocycles. The van der Waals surface area contributed by atoms with Crippen molar-refractivity contribution in [3.63, 3.8) is 0 Å². The van der Waals surface area contributed by atoms with Gasteiger partial charge in [-0.25, -0.2) is 0 Å². The molecule has 0 bridgehead atoms. The van der Waals surface area contributed by atoms with Crippen molar-refractivity contribution < 1.29 is 9.47 Å². The van der Waals surface area contributed by atoms with E-state index in [-0.39, 0.29) is 0 Å². The predicted molar refractivity (Wildman–Crippen MR) is 96.8 cm³/mol. The lowest BCUT2D eigenvalue weighted by atomic mass is 10.2. The van der Waals surface area contributed by atoms with E-state index in [0.717, 1.165) is 41.8 Å². The number of hydrogen-bond donors (Lipinski definition) is 2. The molecule has 0 spiro atoms. The summed E-state index contributed by atoms with van der Waals surface area (Å²) in [4.78, 5) is 4.31. The highest BCUT2D eigenvalue weighted by Crippen LogP contribution is 2.30. The molecule has 0 saturated heterocycles. The van der Waals surface area contributed by atoms with Gasteiger partial charge in [0.25, 0.3) is 0 Å². The van der Waals surface area contributed by atoms with Gasteiger partial charge in [-0.1, -0.05) is 6.92 Å². The Morgan fingerprint density at radius 1 is 1.29 bits per heavy atom. The summed E-state index contributed by atoms with van der Waals surface area (Å²) in [7, 11) is 3.50. The molecule has 2 saturated carbocycles. The SMILES string of the molecule is CN=C(NCc1ccc(OC)cc1OC1CCCC1)NC1CC1C. The van der Waals surface area contributed by atoms with Crippen LogP contribution in [0, 0.1) is 5.92 Å². The van der Waals surface area contributed by atoms with Crippen molar-refractivity contribution >= 4 is 5.96 Å². The van der Waals surface area contributed by atoms with Crippen LogP contribution >= 0.6 is 0 Å². The lowest BCUT2D eigenvalue weighted by molar-refractivity contribution is 0.207. The van der Waals surface area contributed by atoms with Gasteiger partial charge in [-0.2, -0.15) is 0 Å². The number of ether oxygens (including phenoxy) is 2. The van der Waals surface area contributed by atoms with Crippen molar-refractivity contribution in [2.24, 2.45) is 10.9 Å². The van der Waals surface area contributed by atoms with Gasteiger partial charge in [0.2, 0.25) is 0 Å². The maximum absolute atomic E-state index is 6.25. The molecule has 2 N–H and O–H groups in total. The number of nitrogens with zero attached hydrogens (tertiary/aromatic N) is 1. The van der Waals surface area contributed by atoms with Crippen LogP contribution in [-0.2, 0) is 6.54 Å². The van der Waals surface area contributed by atoms with Crippen LogP contribution in [0.3, 0.4) is 0 Å². The van der Waals surface area contributed by atoms with E-state index >= 15 is 0 Å². The van der Waals surface area contributed by atoms with E-state index < -0.39 is 0 Å². The Morgan fingerprint density at radius 2 is 2.04 bits per heavy atom. The van der Waals surface area contributed by atoms with Gasteiger partial charge >= 0.3 is 0 Å². The Labute approximate surface area is 144 Å². The van der Waals surface area contributed by atoms with Crippen molar-refractivity contribution in [2.75, 3.05) is 14.2 Å². The molecule has 2 unspecified atom stereocenters. The third-order valence-electron chi connectivity index (χ3n) is 4.97. The summed E-state index contributed by atoms with van der Waals surface area (Å²) in [6, 6.07) is 6.61. The lowest BCUT2D eigenvalue weighted by Gasteiger charge is -2.19. The maximum Gasteiger partial charge on any atom is 0.191 e. The largest absolute Gasteiger partial charge is 0.497 e. The van der Waals surface area contributed by atoms with Crippen LogP contribution in [0.1, 0.15) is 44.6 Å². The predicted octanol–water partition coefficient (Wildman–Crippen LogP) is 3.09. The number of rotatable bonds is 6. The zero-order valence-corrected chi connectivity index (χ0v) is 15.0. The smallest absolute Gasteiger partial charge is 0.191 e. The van der Waals surface area contributed by atoms with Crippen LogP contribution in [0.5, 0.6) is 11.5 Å². The molecular formula is C19H29N3O2. The second kappa shape index (κ2) is 7.77. The van der Waals surface area contributed by atoms with Gasteiger partial charge < -0.3 is 20.1 Å². The number of nitrogens with one attached hydrogen (secondary N) is 2. The summed E-state index contributed by atoms with van der Waals surface area (Å²) >= 11 is 0. The van der Waals surface area contributed by atoms with Crippen molar-refractivity contribution in [1.29, 1.82) is 0 Å². The second-order valence-corrected chi connectivity index (χ2v) is 6.89. The minimum Gasteiger partial charge on any atom is -0.497 e. The molecule has 0 heterocycles. The fraction of sp³-hybridized carbons (Fsp3) is 0.632. The van der Waals surface area contributed by atoms with Crippen molar-refractivity contribution in [3.8, 4) is 11.5 Å². The fourth-order valence-corrected chi connectivity index (χ4v) is 3.18. The van der Waals surface area contributed by atoms with Gasteiger partial charge in [0.05, 0.1) is 13.2 Å². The number of aliphatic imine (C=N–C) groups is 1. The fourth-order valence-electron chi connectivity index (χ4n) is 3.18. The zero-order chi connectivity index (χ0) is 16.9. The Balaban J connectivity index is 1.64. The molecule has 0 amide bonds. The van der Waals surface area contributed by atoms with E-state index in [1.54, 1.807) is 7.11 Å². The van der Waals surface area contributed by atoms with Crippen molar-refractivity contribution in [1.82, 2.24) is 10.6 Å². The van der Waals surface area contributed by atoms with Gasteiger partial charge in [-0.15, -0.1) is 0 Å². The number of hydrogen-bond acceptors (Lipinski definition) is 3. The topological polar surface area (TPSA) is 54.9 Å². The minimum absolute atomic E-state index is 0.334. The average molecular weight is 331 g/mol. The summed E-state index contributed by atoms with van der Waals surface area (Å²) in [5.74, 6) is 3.35. The Kier molecular flexibility index (Phi) is 5.48. The van der Waals surface area contributed by atoms with Crippen molar-refractivity contribution in [2.45, 2.75) is 57.7 Å². The molecule has 2 aliphatic rings. The van der Waals surface area contributed by atoms with Gasteiger partial charge in [0.1, 0.15) is 11.5 Å². The van der Waals surface area contributed by atoms with Crippen LogP contribution in [0.25, 0.3) is 0 Å². The van der Waals surface area contributed by atoms with Crippen LogP contribution < -0.4 is 20.1 Å². The first-order chi connectivity index (χ1) is 11.7. The molecule has 3 rings (SSSR count). The highest BCUT2D eigenvalue weighted by atomic mass is 16.5. The number of methoxy groups -OCH3 is 1. The summed E-state index contributed by atoms with van der Waals surface area (Å²) in [6.07, 6.45) is 6.37. The molecule has 0 aromatic heterocycles. The highest BCUT2D eigenvalue weighted by molar-refractivity contribution is 5.80. The Bertz CT molecular complexity index is 582. The lowest BCUT2D eigenvalue weighted by Crippen LogP contribution is -2.38. The summed E-state index contributed by atoms with van der Waals surface area (Å²) < 4.78 is 11.6. The summed E-state index contributed by atoms with van der Waals surface area (Å²) in [5, 5.41) is 6.85. The standard InChI is InChI=1S/C19H29N3O2/c1-13-10-17(13)22-19(20-2)21-12-14-8-9-16(23-3)11-18(14)24-15-6-4-5-7-15/h8-9,11,13,15,17H,4-7,10,12H2,1-3H3,(H2,20,21,22). The molecule has 1 aromatic carbocycles. The van der Waals surface area contributed by atoms with E-state index in [4.69, 9.17) is 9.47 Å². The van der Waals surface area contributed by atoms with E-state index in [9.17, 15) is 0 Å². The molecule has 2 fully saturated rings. The molecule has 24 heavy (non-hydrogen) atoms. The molecule has 0 radical (unpaired) electrons. The van der Waals surface area contributed by atoms with Gasteiger partial charge in [0.15, 0.2) is 5.96 Å². The van der Waals surface area contributed by atoms with Gasteiger partial charge in [-0.05, 0) is 50.2 Å². The minimum atomic E-state index is 0.334. The summed E-state index contributed by atoms with van der Waals surface area (Å²) in [6.45, 7) is 2.94. The third-order valence-corrected chi connectivity index (χ3v) is 4.97. The molecular weight excluding hydrogens is 302 g/mol. The molecule has 132 valence electrons. The van der Waals surface area contributed by atoms with Gasteiger partial charge in [-0.3, -0.25) is 4.99 Å². The van der Waals surface area contributed by atoms with Crippen molar-refractivity contribution in [3.05, 3.63) is 23.8 Å². The molecule has 2 atom stereocenters. The Morgan fingerprint density at radius 3 is 2.67 bits per heavy atom. The van der Waals surface area contributed by atoms with Crippen LogP contribution in [0.15, 0.2) is 23.2 Å². The monoisotopic (exact) mass is 331 g/mol. The van der Waals surface area contributed by atoms with E-state index in [0.29, 0.717) is 18.7 Å². The number of guanidine groups is 1. The van der Waals surface area contributed by atoms with E-state index in [1.165, 1.54) is 19.3 Å². The van der Waals surface area contributed by atoms with Crippen LogP contribution in [0.4, 0.5) is 0 Å². The normalized spacial score (nSPS) is 23.9. The molecule has 2 aliphatic carbocycles. The number of benzene rings is 1. The van der Waals surface area contributed by atoms with Gasteiger partial charge in [0, 0.05) is 31.3 Å². The third kappa shape index (κ3) is 4.34. The first-order valence-corrected chi connectivity index (χ1v) is 9.00.